The van der Waals surface area contributed by atoms with E-state index in [0.29, 0.717) is 23.7 Å². The molecule has 1 atom stereocenters. The molecule has 166 valence electrons. The lowest BCUT2D eigenvalue weighted by molar-refractivity contribution is 0.321. The molecule has 31 heavy (non-hydrogen) atoms. The normalized spacial score (nSPS) is 17.2. The molecule has 1 unspecified atom stereocenters. The number of benzene rings is 1. The molecule has 1 aromatic carbocycles. The lowest BCUT2D eigenvalue weighted by Crippen LogP contribution is -2.35. The van der Waals surface area contributed by atoms with Crippen molar-refractivity contribution in [1.82, 2.24) is 14.9 Å². The van der Waals surface area contributed by atoms with E-state index in [-0.39, 0.29) is 16.8 Å². The third-order valence-corrected chi connectivity index (χ3v) is 7.39. The van der Waals surface area contributed by atoms with Crippen LogP contribution in [0.3, 0.4) is 0 Å². The maximum Gasteiger partial charge on any atom is 0.266 e. The van der Waals surface area contributed by atoms with Gasteiger partial charge in [-0.15, -0.1) is 11.3 Å². The van der Waals surface area contributed by atoms with E-state index >= 15 is 0 Å². The second-order valence-corrected chi connectivity index (χ2v) is 10.1. The first-order valence-electron chi connectivity index (χ1n) is 9.80. The molecule has 3 aromatic rings. The number of sulfonamides is 1. The summed E-state index contributed by atoms with van der Waals surface area (Å²) in [6.07, 6.45) is 2.59. The van der Waals surface area contributed by atoms with Crippen molar-refractivity contribution in [3.63, 3.8) is 0 Å². The van der Waals surface area contributed by atoms with E-state index in [2.05, 4.69) is 19.6 Å². The number of halogens is 1. The minimum absolute atomic E-state index is 0.177. The van der Waals surface area contributed by atoms with Gasteiger partial charge in [0.25, 0.3) is 10.0 Å². The first-order chi connectivity index (χ1) is 14.7. The molecule has 0 radical (unpaired) electrons. The van der Waals surface area contributed by atoms with Crippen molar-refractivity contribution in [1.29, 1.82) is 0 Å². The highest BCUT2D eigenvalue weighted by Gasteiger charge is 2.29. The van der Waals surface area contributed by atoms with Crippen molar-refractivity contribution in [2.45, 2.75) is 37.8 Å². The van der Waals surface area contributed by atoms with E-state index in [9.17, 15) is 12.8 Å². The van der Waals surface area contributed by atoms with Crippen molar-refractivity contribution < 1.29 is 17.2 Å². The Morgan fingerprint density at radius 1 is 1.39 bits per heavy atom. The third-order valence-electron chi connectivity index (χ3n) is 5.44. The molecular weight excluding hydrogens is 441 g/mol. The van der Waals surface area contributed by atoms with Crippen LogP contribution in [0.4, 0.5) is 15.9 Å². The lowest BCUT2D eigenvalue weighted by Gasteiger charge is -2.29. The molecule has 4 rings (SSSR count). The minimum atomic E-state index is -4.06. The Morgan fingerprint density at radius 3 is 2.87 bits per heavy atom. The van der Waals surface area contributed by atoms with Gasteiger partial charge in [0.15, 0.2) is 11.7 Å². The van der Waals surface area contributed by atoms with Crippen molar-refractivity contribution >= 4 is 32.9 Å². The molecule has 8 nitrogen and oxygen atoms in total. The van der Waals surface area contributed by atoms with Crippen LogP contribution in [0.2, 0.25) is 0 Å². The number of likely N-dealkylation sites (tertiary alicyclic amines) is 1. The molecule has 1 fully saturated rings. The van der Waals surface area contributed by atoms with Crippen molar-refractivity contribution in [3.05, 3.63) is 52.3 Å². The van der Waals surface area contributed by atoms with Gasteiger partial charge in [-0.05, 0) is 31.0 Å². The summed E-state index contributed by atoms with van der Waals surface area (Å²) in [7, 11) is -2.15. The summed E-state index contributed by atoms with van der Waals surface area (Å²) < 4.78 is 47.7. The van der Waals surface area contributed by atoms with Gasteiger partial charge in [-0.1, -0.05) is 0 Å². The third kappa shape index (κ3) is 4.73. The summed E-state index contributed by atoms with van der Waals surface area (Å²) in [6.45, 7) is 6.01. The molecule has 0 saturated carbocycles. The number of hydrogen-bond acceptors (Lipinski definition) is 8. The highest BCUT2D eigenvalue weighted by molar-refractivity contribution is 7.92. The number of hydrogen-bond donors (Lipinski definition) is 1. The van der Waals surface area contributed by atoms with Crippen LogP contribution in [0.5, 0.6) is 0 Å². The highest BCUT2D eigenvalue weighted by Crippen LogP contribution is 2.30. The number of thiazole rings is 1. The van der Waals surface area contributed by atoms with Crippen LogP contribution in [-0.4, -0.2) is 49.5 Å². The first-order valence-corrected chi connectivity index (χ1v) is 12.2. The van der Waals surface area contributed by atoms with Crippen molar-refractivity contribution in [2.75, 3.05) is 29.8 Å². The second-order valence-electron chi connectivity index (χ2n) is 7.69. The fourth-order valence-electron chi connectivity index (χ4n) is 3.86. The molecule has 1 aliphatic rings. The summed E-state index contributed by atoms with van der Waals surface area (Å²) in [5.41, 5.74) is 3.76. The monoisotopic (exact) mass is 465 g/mol. The Hall–Kier alpha value is -2.50. The van der Waals surface area contributed by atoms with E-state index in [4.69, 9.17) is 4.42 Å². The largest absolute Gasteiger partial charge is 0.449 e. The fraction of sp³-hybridized carbons (Fsp3) is 0.400. The quantitative estimate of drug-likeness (QED) is 0.572. The zero-order valence-corrected chi connectivity index (χ0v) is 19.1. The van der Waals surface area contributed by atoms with E-state index in [1.54, 1.807) is 18.6 Å². The van der Waals surface area contributed by atoms with Crippen LogP contribution in [-0.2, 0) is 16.6 Å². The van der Waals surface area contributed by atoms with Gasteiger partial charge in [0.05, 0.1) is 11.2 Å². The van der Waals surface area contributed by atoms with E-state index in [1.165, 1.54) is 29.0 Å². The fourth-order valence-corrected chi connectivity index (χ4v) is 5.57. The number of aryl methyl sites for hydroxylation is 2. The maximum atomic E-state index is 14.9. The van der Waals surface area contributed by atoms with Crippen LogP contribution in [0.25, 0.3) is 0 Å². The molecule has 3 heterocycles. The van der Waals surface area contributed by atoms with Gasteiger partial charge in [0.2, 0.25) is 0 Å². The molecular formula is C20H24FN5O3S2. The Balaban J connectivity index is 1.49. The molecule has 0 aliphatic carbocycles. The topological polar surface area (TPSA) is 91.6 Å². The summed E-state index contributed by atoms with van der Waals surface area (Å²) in [6, 6.07) is 2.86. The number of anilines is 2. The number of oxazole rings is 1. The zero-order valence-electron chi connectivity index (χ0n) is 17.5. The van der Waals surface area contributed by atoms with Crippen LogP contribution in [0, 0.1) is 19.7 Å². The molecule has 1 aliphatic heterocycles. The molecule has 1 saturated heterocycles. The number of rotatable bonds is 7. The summed E-state index contributed by atoms with van der Waals surface area (Å²) in [5.74, 6) is 0.0352. The lowest BCUT2D eigenvalue weighted by atomic mass is 10.1. The Morgan fingerprint density at radius 2 is 2.19 bits per heavy atom. The Bertz CT molecular complexity index is 1160. The number of aromatic nitrogens is 2. The maximum absolute atomic E-state index is 14.9. The summed E-state index contributed by atoms with van der Waals surface area (Å²) >= 11 is 1.25. The number of nitrogens with zero attached hydrogens (tertiary/aromatic N) is 4. The first kappa shape index (κ1) is 21.7. The molecule has 0 spiro atoms. The Kier molecular flexibility index (Phi) is 6.00. The van der Waals surface area contributed by atoms with Crippen LogP contribution in [0.15, 0.2) is 38.6 Å². The van der Waals surface area contributed by atoms with Gasteiger partial charge >= 0.3 is 0 Å². The smallest absolute Gasteiger partial charge is 0.266 e. The van der Waals surface area contributed by atoms with Gasteiger partial charge in [0, 0.05) is 50.7 Å². The summed E-state index contributed by atoms with van der Waals surface area (Å²) in [5, 5.41) is 1.55. The minimum Gasteiger partial charge on any atom is -0.449 e. The van der Waals surface area contributed by atoms with Gasteiger partial charge in [-0.2, -0.15) is 0 Å². The SMILES string of the molecule is Cc1nc(CN2CCC(N(C)c3cc(F)c(S(=O)(=O)Nc4cscn4)cc3C)C2)co1. The summed E-state index contributed by atoms with van der Waals surface area (Å²) in [4.78, 5) is 12.2. The predicted molar refractivity (Wildman–Crippen MR) is 117 cm³/mol. The molecule has 0 bridgehead atoms. The van der Waals surface area contributed by atoms with Gasteiger partial charge in [-0.3, -0.25) is 9.62 Å². The van der Waals surface area contributed by atoms with Gasteiger partial charge < -0.3 is 9.32 Å². The van der Waals surface area contributed by atoms with E-state index < -0.39 is 15.8 Å². The number of nitrogens with one attached hydrogen (secondary N) is 1. The van der Waals surface area contributed by atoms with Crippen LogP contribution >= 0.6 is 11.3 Å². The van der Waals surface area contributed by atoms with Crippen molar-refractivity contribution in [2.24, 2.45) is 0 Å². The average Bonchev–Trinajstić information content (AvgIpc) is 3.46. The van der Waals surface area contributed by atoms with E-state index in [0.717, 1.165) is 25.2 Å². The van der Waals surface area contributed by atoms with Gasteiger partial charge in [-0.25, -0.2) is 22.8 Å². The van der Waals surface area contributed by atoms with Crippen LogP contribution in [0.1, 0.15) is 23.6 Å². The molecule has 2 aromatic heterocycles. The zero-order chi connectivity index (χ0) is 22.2. The van der Waals surface area contributed by atoms with Gasteiger partial charge in [0.1, 0.15) is 17.0 Å². The van der Waals surface area contributed by atoms with Crippen LogP contribution < -0.4 is 9.62 Å². The highest BCUT2D eigenvalue weighted by atomic mass is 32.2. The second kappa shape index (κ2) is 8.56. The molecule has 1 N–H and O–H groups in total. The Labute approximate surface area is 184 Å². The predicted octanol–water partition coefficient (Wildman–Crippen LogP) is 3.40. The van der Waals surface area contributed by atoms with Crippen molar-refractivity contribution in [3.8, 4) is 0 Å². The number of likely N-dealkylation sites (N-methyl/N-ethyl adjacent to an activating group) is 1. The standard InChI is InChI=1S/C20H24FN5O3S2/c1-13-6-19(31(27,28)24-20-11-30-12-22-20)17(21)7-18(13)25(3)16-4-5-26(9-16)8-15-10-29-14(2)23-15/h6-7,10-12,16,24H,4-5,8-9H2,1-3H3. The molecule has 0 amide bonds. The molecule has 11 heteroatoms. The van der Waals surface area contributed by atoms with E-state index in [1.807, 2.05) is 18.9 Å². The average molecular weight is 466 g/mol.